The number of aromatic amines is 1. The van der Waals surface area contributed by atoms with Crippen LogP contribution in [-0.4, -0.2) is 92.7 Å². The number of H-pyrrole nitrogens is 1. The number of hydrogen-bond donors (Lipinski definition) is 6. The Morgan fingerprint density at radius 1 is 0.957 bits per heavy atom. The molecule has 0 radical (unpaired) electrons. The maximum atomic E-state index is 14.0. The Balaban J connectivity index is 1.53. The summed E-state index contributed by atoms with van der Waals surface area (Å²) in [5.74, 6) is -4.70. The Labute approximate surface area is 270 Å². The van der Waals surface area contributed by atoms with Crippen molar-refractivity contribution in [3.63, 3.8) is 0 Å². The number of carboxylic acids is 1. The van der Waals surface area contributed by atoms with Gasteiger partial charge in [-0.3, -0.25) is 28.8 Å². The summed E-state index contributed by atoms with van der Waals surface area (Å²) in [5, 5.41) is 18.0. The molecule has 3 aromatic rings. The molecule has 4 rings (SSSR count). The van der Waals surface area contributed by atoms with Gasteiger partial charge in [-0.1, -0.05) is 48.5 Å². The zero-order valence-corrected chi connectivity index (χ0v) is 26.3. The van der Waals surface area contributed by atoms with E-state index in [-0.39, 0.29) is 31.1 Å². The first kappa shape index (κ1) is 34.0. The smallest absolute Gasteiger partial charge is 0.305 e. The standard InChI is InChI=1S/C32H38N6O7S/c1-18(39)35-26(13-20-16-34-23-11-7-6-10-22(20)23)32(45)38-17-21(46-2)14-27(38)31(44)37-25(15-28(40)41)30(43)36-24(29(33)42)12-19-8-4-3-5-9-19/h3-11,16,21,24-27,34H,12-15,17H2,1-2H3,(H2,33,42)(H,35,39)(H,36,43)(H,37,44)(H,40,41)/t21-,24+,25+,26+,27-/m1/s1. The Kier molecular flexibility index (Phi) is 11.4. The number of carboxylic acid groups (broad SMARTS) is 1. The molecule has 0 unspecified atom stereocenters. The molecule has 5 atom stereocenters. The molecule has 1 saturated heterocycles. The summed E-state index contributed by atoms with van der Waals surface area (Å²) in [5.41, 5.74) is 7.92. The van der Waals surface area contributed by atoms with E-state index in [4.69, 9.17) is 5.73 Å². The van der Waals surface area contributed by atoms with E-state index in [2.05, 4.69) is 20.9 Å². The lowest BCUT2D eigenvalue weighted by Crippen LogP contribution is -2.58. The van der Waals surface area contributed by atoms with Crippen LogP contribution >= 0.6 is 11.8 Å². The summed E-state index contributed by atoms with van der Waals surface area (Å²) in [6, 6.07) is 11.6. The van der Waals surface area contributed by atoms with E-state index >= 15 is 0 Å². The van der Waals surface area contributed by atoms with Crippen LogP contribution in [0.5, 0.6) is 0 Å². The maximum Gasteiger partial charge on any atom is 0.305 e. The highest BCUT2D eigenvalue weighted by molar-refractivity contribution is 7.99. The predicted molar refractivity (Wildman–Crippen MR) is 172 cm³/mol. The number of likely N-dealkylation sites (tertiary alicyclic amines) is 1. The van der Waals surface area contributed by atoms with Crippen molar-refractivity contribution in [3.8, 4) is 0 Å². The highest BCUT2D eigenvalue weighted by atomic mass is 32.2. The number of benzene rings is 2. The molecule has 0 bridgehead atoms. The zero-order chi connectivity index (χ0) is 33.4. The number of carbonyl (C=O) groups is 6. The molecule has 1 aliphatic heterocycles. The van der Waals surface area contributed by atoms with Gasteiger partial charge in [0.25, 0.3) is 0 Å². The minimum absolute atomic E-state index is 0.0664. The third kappa shape index (κ3) is 8.65. The largest absolute Gasteiger partial charge is 0.481 e. The molecule has 2 heterocycles. The van der Waals surface area contributed by atoms with Crippen LogP contribution in [0.3, 0.4) is 0 Å². The number of nitrogens with two attached hydrogens (primary N) is 1. The first-order valence-corrected chi connectivity index (χ1v) is 16.1. The normalized spacial score (nSPS) is 17.9. The van der Waals surface area contributed by atoms with E-state index in [1.807, 2.05) is 30.5 Å². The molecule has 7 N–H and O–H groups in total. The number of aliphatic carboxylic acids is 1. The third-order valence-corrected chi connectivity index (χ3v) is 8.92. The maximum absolute atomic E-state index is 14.0. The van der Waals surface area contributed by atoms with E-state index in [9.17, 15) is 33.9 Å². The second-order valence-corrected chi connectivity index (χ2v) is 12.4. The molecule has 13 nitrogen and oxygen atoms in total. The van der Waals surface area contributed by atoms with E-state index < -0.39 is 66.1 Å². The van der Waals surface area contributed by atoms with Crippen molar-refractivity contribution < 1.29 is 33.9 Å². The molecule has 0 spiro atoms. The molecular weight excluding hydrogens is 612 g/mol. The number of fused-ring (bicyclic) bond motifs is 1. The molecule has 1 fully saturated rings. The third-order valence-electron chi connectivity index (χ3n) is 7.91. The number of rotatable bonds is 14. The van der Waals surface area contributed by atoms with Crippen molar-refractivity contribution in [2.75, 3.05) is 12.8 Å². The lowest BCUT2D eigenvalue weighted by molar-refractivity contribution is -0.144. The van der Waals surface area contributed by atoms with Gasteiger partial charge in [-0.05, 0) is 29.9 Å². The van der Waals surface area contributed by atoms with E-state index in [1.54, 1.807) is 36.5 Å². The number of amides is 5. The molecule has 0 aliphatic carbocycles. The van der Waals surface area contributed by atoms with Crippen molar-refractivity contribution in [3.05, 3.63) is 71.9 Å². The van der Waals surface area contributed by atoms with Crippen molar-refractivity contribution in [1.82, 2.24) is 25.8 Å². The summed E-state index contributed by atoms with van der Waals surface area (Å²) < 4.78 is 0. The van der Waals surface area contributed by atoms with Crippen molar-refractivity contribution in [2.45, 2.75) is 62.0 Å². The van der Waals surface area contributed by atoms with Gasteiger partial charge in [0.2, 0.25) is 29.5 Å². The number of para-hydroxylation sites is 1. The molecule has 0 saturated carbocycles. The van der Waals surface area contributed by atoms with Crippen molar-refractivity contribution >= 4 is 58.2 Å². The zero-order valence-electron chi connectivity index (χ0n) is 25.5. The Morgan fingerprint density at radius 2 is 1.65 bits per heavy atom. The van der Waals surface area contributed by atoms with Crippen LogP contribution in [0.4, 0.5) is 0 Å². The van der Waals surface area contributed by atoms with Gasteiger partial charge in [-0.25, -0.2) is 0 Å². The van der Waals surface area contributed by atoms with Crippen LogP contribution in [0, 0.1) is 0 Å². The van der Waals surface area contributed by atoms with Gasteiger partial charge in [0.1, 0.15) is 24.2 Å². The fourth-order valence-corrected chi connectivity index (χ4v) is 6.31. The molecule has 14 heteroatoms. The number of aromatic nitrogens is 1. The summed E-state index contributed by atoms with van der Waals surface area (Å²) in [6.45, 7) is 1.51. The van der Waals surface area contributed by atoms with Crippen molar-refractivity contribution in [2.24, 2.45) is 5.73 Å². The van der Waals surface area contributed by atoms with Crippen LogP contribution in [0.15, 0.2) is 60.8 Å². The van der Waals surface area contributed by atoms with Crippen molar-refractivity contribution in [1.29, 1.82) is 0 Å². The Morgan fingerprint density at radius 3 is 2.30 bits per heavy atom. The quantitative estimate of drug-likeness (QED) is 0.146. The fourth-order valence-electron chi connectivity index (χ4n) is 5.62. The highest BCUT2D eigenvalue weighted by Gasteiger charge is 2.43. The second-order valence-electron chi connectivity index (χ2n) is 11.2. The molecule has 1 aromatic heterocycles. The Bertz CT molecular complexity index is 1600. The van der Waals surface area contributed by atoms with Crippen LogP contribution in [-0.2, 0) is 41.6 Å². The highest BCUT2D eigenvalue weighted by Crippen LogP contribution is 2.28. The monoisotopic (exact) mass is 650 g/mol. The number of primary amides is 1. The van der Waals surface area contributed by atoms with E-state index in [0.29, 0.717) is 0 Å². The Hall–Kier alpha value is -4.85. The van der Waals surface area contributed by atoms with E-state index in [1.165, 1.54) is 23.6 Å². The fraction of sp³-hybridized carbons (Fsp3) is 0.375. The predicted octanol–water partition coefficient (Wildman–Crippen LogP) is 0.720. The lowest BCUT2D eigenvalue weighted by Gasteiger charge is -2.29. The number of carbonyl (C=O) groups excluding carboxylic acids is 5. The van der Waals surface area contributed by atoms with Gasteiger partial charge < -0.3 is 36.7 Å². The van der Waals surface area contributed by atoms with Gasteiger partial charge in [0.15, 0.2) is 0 Å². The second kappa shape index (κ2) is 15.4. The summed E-state index contributed by atoms with van der Waals surface area (Å²) >= 11 is 1.46. The van der Waals surface area contributed by atoms with E-state index in [0.717, 1.165) is 22.0 Å². The van der Waals surface area contributed by atoms with Gasteiger partial charge in [-0.2, -0.15) is 11.8 Å². The molecular formula is C32H38N6O7S. The van der Waals surface area contributed by atoms with Gasteiger partial charge in [-0.15, -0.1) is 0 Å². The lowest BCUT2D eigenvalue weighted by atomic mass is 10.0. The average molecular weight is 651 g/mol. The average Bonchev–Trinajstić information content (AvgIpc) is 3.64. The molecule has 1 aliphatic rings. The molecule has 46 heavy (non-hydrogen) atoms. The van der Waals surface area contributed by atoms with Gasteiger partial charge in [0.05, 0.1) is 6.42 Å². The molecule has 5 amide bonds. The first-order chi connectivity index (χ1) is 22.0. The molecule has 244 valence electrons. The first-order valence-electron chi connectivity index (χ1n) is 14.8. The summed E-state index contributed by atoms with van der Waals surface area (Å²) in [7, 11) is 0. The topological polar surface area (TPSA) is 204 Å². The number of nitrogens with zero attached hydrogens (tertiary/aromatic N) is 1. The van der Waals surface area contributed by atoms with Gasteiger partial charge in [0, 0.05) is 48.7 Å². The van der Waals surface area contributed by atoms with Crippen LogP contribution in [0.1, 0.15) is 30.9 Å². The molecule has 2 aromatic carbocycles. The van der Waals surface area contributed by atoms with Crippen LogP contribution < -0.4 is 21.7 Å². The SMILES string of the molecule is CS[C@@H]1C[C@H](C(=O)N[C@@H](CC(=O)O)C(=O)N[C@@H](Cc2ccccc2)C(N)=O)N(C(=O)[C@H](Cc2c[nH]c3ccccc23)NC(C)=O)C1. The number of thioether (sulfide) groups is 1. The van der Waals surface area contributed by atoms with Crippen LogP contribution in [0.2, 0.25) is 0 Å². The number of nitrogens with one attached hydrogen (secondary N) is 4. The number of hydrogen-bond acceptors (Lipinski definition) is 7. The van der Waals surface area contributed by atoms with Crippen LogP contribution in [0.25, 0.3) is 10.9 Å². The minimum atomic E-state index is -1.55. The summed E-state index contributed by atoms with van der Waals surface area (Å²) in [4.78, 5) is 81.5. The summed E-state index contributed by atoms with van der Waals surface area (Å²) in [6.07, 6.45) is 3.34. The minimum Gasteiger partial charge on any atom is -0.481 e. The van der Waals surface area contributed by atoms with Gasteiger partial charge >= 0.3 is 5.97 Å².